The van der Waals surface area contributed by atoms with Gasteiger partial charge < -0.3 is 10.1 Å². The molecule has 2 heterocycles. The zero-order valence-electron chi connectivity index (χ0n) is 27.4. The van der Waals surface area contributed by atoms with E-state index < -0.39 is 5.41 Å². The van der Waals surface area contributed by atoms with Gasteiger partial charge >= 0.3 is 0 Å². The number of aliphatic imine (C=N–C) groups is 2. The summed E-state index contributed by atoms with van der Waals surface area (Å²) in [5.41, 5.74) is 12.4. The van der Waals surface area contributed by atoms with E-state index in [1.807, 2.05) is 18.2 Å². The topological polar surface area (TPSA) is 46.0 Å². The third-order valence-electron chi connectivity index (χ3n) is 10.5. The molecule has 2 aliphatic heterocycles. The minimum atomic E-state index is -0.549. The van der Waals surface area contributed by atoms with Gasteiger partial charge in [-0.2, -0.15) is 0 Å². The Bertz CT molecular complexity index is 2410. The van der Waals surface area contributed by atoms with Crippen LogP contribution in [0.15, 0.2) is 179 Å². The summed E-state index contributed by atoms with van der Waals surface area (Å²) in [7, 11) is 0. The van der Waals surface area contributed by atoms with Gasteiger partial charge in [-0.25, -0.2) is 9.98 Å². The Balaban J connectivity index is 1.16. The fourth-order valence-electron chi connectivity index (χ4n) is 8.33. The van der Waals surface area contributed by atoms with Crippen molar-refractivity contribution < 1.29 is 4.74 Å². The van der Waals surface area contributed by atoms with Crippen LogP contribution in [-0.4, -0.2) is 11.7 Å². The lowest BCUT2D eigenvalue weighted by molar-refractivity contribution is 0.437. The quantitative estimate of drug-likeness (QED) is 0.207. The largest absolute Gasteiger partial charge is 0.457 e. The highest BCUT2D eigenvalue weighted by Gasteiger charge is 2.52. The third kappa shape index (κ3) is 4.31. The first-order chi connectivity index (χ1) is 24.8. The lowest BCUT2D eigenvalue weighted by Gasteiger charge is -2.40. The van der Waals surface area contributed by atoms with Crippen LogP contribution in [0.25, 0.3) is 22.3 Å². The molecule has 50 heavy (non-hydrogen) atoms. The second kappa shape index (κ2) is 11.4. The monoisotopic (exact) mass is 643 g/mol. The molecular formula is C46H33N3O. The molecule has 4 heteroatoms. The Labute approximate surface area is 291 Å². The van der Waals surface area contributed by atoms with E-state index in [0.29, 0.717) is 0 Å². The molecule has 0 saturated carbocycles. The van der Waals surface area contributed by atoms with Crippen LogP contribution >= 0.6 is 0 Å². The molecule has 1 spiro atoms. The number of ether oxygens (including phenoxy) is 1. The number of hydrogen-bond donors (Lipinski definition) is 1. The first-order valence-electron chi connectivity index (χ1n) is 17.3. The summed E-state index contributed by atoms with van der Waals surface area (Å²) in [6.45, 7) is 0. The molecular weight excluding hydrogens is 611 g/mol. The van der Waals surface area contributed by atoms with E-state index >= 15 is 0 Å². The molecule has 238 valence electrons. The number of benzene rings is 6. The van der Waals surface area contributed by atoms with Crippen LogP contribution in [0.5, 0.6) is 11.5 Å². The molecule has 10 rings (SSSR count). The average Bonchev–Trinajstić information content (AvgIpc) is 3.49. The molecule has 0 bridgehead atoms. The number of allylic oxidation sites excluding steroid dienone is 3. The van der Waals surface area contributed by atoms with Crippen LogP contribution in [0.1, 0.15) is 52.4 Å². The van der Waals surface area contributed by atoms with Crippen LogP contribution in [0.4, 0.5) is 0 Å². The minimum Gasteiger partial charge on any atom is -0.457 e. The van der Waals surface area contributed by atoms with E-state index in [1.54, 1.807) is 0 Å². The highest BCUT2D eigenvalue weighted by molar-refractivity contribution is 6.13. The summed E-state index contributed by atoms with van der Waals surface area (Å²) in [5, 5.41) is 3.70. The third-order valence-corrected chi connectivity index (χ3v) is 10.5. The van der Waals surface area contributed by atoms with Crippen LogP contribution in [0.2, 0.25) is 0 Å². The fraction of sp³-hybridized carbons (Fsp3) is 0.0870. The fourth-order valence-corrected chi connectivity index (χ4v) is 8.33. The van der Waals surface area contributed by atoms with Gasteiger partial charge in [0.05, 0.1) is 5.41 Å². The summed E-state index contributed by atoms with van der Waals surface area (Å²) >= 11 is 0. The molecule has 4 nitrogen and oxygen atoms in total. The minimum absolute atomic E-state index is 0.303. The van der Waals surface area contributed by atoms with Crippen molar-refractivity contribution in [1.82, 2.24) is 5.32 Å². The molecule has 1 unspecified atom stereocenters. The number of nitrogens with one attached hydrogen (secondary N) is 1. The standard InChI is InChI=1S/C46H33N3O/c1-3-15-30(16-4-1)43-47-44(31-17-5-2-6-18-31)49-45(48-43)33-20-13-19-32(29-33)34-23-14-28-41-42(34)46(39-26-11-12-27-40(39)50-41)37-24-9-7-21-35(37)36-22-8-10-25-38(36)46/h1-5,7-17,19-29,45H,6,18H2,(H,47,48,49). The second-order valence-electron chi connectivity index (χ2n) is 13.2. The van der Waals surface area contributed by atoms with E-state index in [1.165, 1.54) is 33.4 Å². The van der Waals surface area contributed by atoms with Crippen molar-refractivity contribution in [3.8, 4) is 33.8 Å². The summed E-state index contributed by atoms with van der Waals surface area (Å²) in [6, 6.07) is 51.9. The molecule has 6 aromatic carbocycles. The van der Waals surface area contributed by atoms with Crippen LogP contribution in [0.3, 0.4) is 0 Å². The van der Waals surface area contributed by atoms with E-state index in [2.05, 4.69) is 151 Å². The van der Waals surface area contributed by atoms with Crippen molar-refractivity contribution in [2.75, 3.05) is 0 Å². The van der Waals surface area contributed by atoms with Crippen molar-refractivity contribution in [3.05, 3.63) is 203 Å². The highest BCUT2D eigenvalue weighted by Crippen LogP contribution is 2.63. The second-order valence-corrected chi connectivity index (χ2v) is 13.2. The van der Waals surface area contributed by atoms with Crippen molar-refractivity contribution >= 4 is 11.7 Å². The van der Waals surface area contributed by atoms with Crippen molar-refractivity contribution in [2.45, 2.75) is 24.4 Å². The first kappa shape index (κ1) is 28.7. The maximum absolute atomic E-state index is 6.79. The van der Waals surface area contributed by atoms with Gasteiger partial charge in [0.2, 0.25) is 0 Å². The van der Waals surface area contributed by atoms with Crippen molar-refractivity contribution in [1.29, 1.82) is 0 Å². The Morgan fingerprint density at radius 1 is 0.620 bits per heavy atom. The first-order valence-corrected chi connectivity index (χ1v) is 17.3. The van der Waals surface area contributed by atoms with Crippen LogP contribution in [0, 0.1) is 0 Å². The molecule has 0 radical (unpaired) electrons. The maximum atomic E-state index is 6.79. The van der Waals surface area contributed by atoms with Crippen LogP contribution in [-0.2, 0) is 5.41 Å². The number of amidine groups is 2. The molecule has 4 aliphatic rings. The molecule has 1 atom stereocenters. The maximum Gasteiger partial charge on any atom is 0.159 e. The Hall–Kier alpha value is -6.26. The normalized spacial score (nSPS) is 17.6. The van der Waals surface area contributed by atoms with Crippen molar-refractivity contribution in [2.24, 2.45) is 9.98 Å². The van der Waals surface area contributed by atoms with Gasteiger partial charge in [0.25, 0.3) is 0 Å². The molecule has 0 amide bonds. The molecule has 0 fully saturated rings. The van der Waals surface area contributed by atoms with Crippen LogP contribution < -0.4 is 10.1 Å². The zero-order chi connectivity index (χ0) is 33.1. The smallest absolute Gasteiger partial charge is 0.159 e. The predicted octanol–water partition coefficient (Wildman–Crippen LogP) is 10.5. The van der Waals surface area contributed by atoms with Gasteiger partial charge in [-0.05, 0) is 75.6 Å². The summed E-state index contributed by atoms with van der Waals surface area (Å²) in [6.07, 6.45) is 8.14. The van der Waals surface area contributed by atoms with Gasteiger partial charge in [0.15, 0.2) is 5.84 Å². The average molecular weight is 644 g/mol. The van der Waals surface area contributed by atoms with Gasteiger partial charge in [0, 0.05) is 16.7 Å². The lowest BCUT2D eigenvalue weighted by atomic mass is 9.64. The Morgan fingerprint density at radius 2 is 1.28 bits per heavy atom. The number of nitrogens with zero attached hydrogens (tertiary/aromatic N) is 2. The summed E-state index contributed by atoms with van der Waals surface area (Å²) in [5.74, 6) is 3.40. The van der Waals surface area contributed by atoms with E-state index in [0.717, 1.165) is 63.8 Å². The molecule has 0 saturated heterocycles. The SMILES string of the molecule is C1=CCCC(C2=NC(c3ccccc3)=NC(c3cccc(-c4cccc5c4C4(c6ccccc6O5)c5ccccc5-c5ccccc54)c3)N2)=C1. The summed E-state index contributed by atoms with van der Waals surface area (Å²) in [4.78, 5) is 10.2. The zero-order valence-corrected chi connectivity index (χ0v) is 27.4. The highest BCUT2D eigenvalue weighted by atomic mass is 16.5. The van der Waals surface area contributed by atoms with Crippen molar-refractivity contribution in [3.63, 3.8) is 0 Å². The number of fused-ring (bicyclic) bond motifs is 9. The van der Waals surface area contributed by atoms with Gasteiger partial charge in [-0.15, -0.1) is 0 Å². The van der Waals surface area contributed by atoms with Gasteiger partial charge in [-0.3, -0.25) is 0 Å². The number of rotatable bonds is 4. The van der Waals surface area contributed by atoms with E-state index in [-0.39, 0.29) is 6.17 Å². The predicted molar refractivity (Wildman–Crippen MR) is 202 cm³/mol. The lowest BCUT2D eigenvalue weighted by Crippen LogP contribution is -2.34. The Kier molecular flexibility index (Phi) is 6.56. The Morgan fingerprint density at radius 3 is 2.06 bits per heavy atom. The van der Waals surface area contributed by atoms with E-state index in [9.17, 15) is 0 Å². The van der Waals surface area contributed by atoms with Gasteiger partial charge in [0.1, 0.15) is 23.5 Å². The molecule has 0 aromatic heterocycles. The molecule has 2 aliphatic carbocycles. The van der Waals surface area contributed by atoms with E-state index in [4.69, 9.17) is 14.7 Å². The van der Waals surface area contributed by atoms with Gasteiger partial charge in [-0.1, -0.05) is 146 Å². The number of para-hydroxylation sites is 1. The molecule has 1 N–H and O–H groups in total. The molecule has 6 aromatic rings. The number of hydrogen-bond acceptors (Lipinski definition) is 4. The summed E-state index contributed by atoms with van der Waals surface area (Å²) < 4.78 is 6.79.